The van der Waals surface area contributed by atoms with Crippen LogP contribution < -0.4 is 0 Å². The number of allylic oxidation sites excluding steroid dienone is 4. The SMILES string of the molecule is O=C1CC(C2C=CC=CCC2)C(=O)O1. The lowest BCUT2D eigenvalue weighted by atomic mass is 9.87. The maximum Gasteiger partial charge on any atom is 0.317 e. The van der Waals surface area contributed by atoms with Crippen LogP contribution in [-0.2, 0) is 14.3 Å². The monoisotopic (exact) mass is 192 g/mol. The molecule has 3 nitrogen and oxygen atoms in total. The lowest BCUT2D eigenvalue weighted by molar-refractivity contribution is -0.153. The maximum atomic E-state index is 11.3. The molecule has 0 bridgehead atoms. The molecule has 2 unspecified atom stereocenters. The second kappa shape index (κ2) is 3.78. The molecule has 0 radical (unpaired) electrons. The number of carbonyl (C=O) groups is 2. The van der Waals surface area contributed by atoms with Crippen molar-refractivity contribution in [3.63, 3.8) is 0 Å². The van der Waals surface area contributed by atoms with E-state index in [0.29, 0.717) is 0 Å². The molecular weight excluding hydrogens is 180 g/mol. The van der Waals surface area contributed by atoms with Crippen molar-refractivity contribution >= 4 is 11.9 Å². The summed E-state index contributed by atoms with van der Waals surface area (Å²) in [5, 5.41) is 0. The van der Waals surface area contributed by atoms with Crippen molar-refractivity contribution in [1.82, 2.24) is 0 Å². The van der Waals surface area contributed by atoms with Crippen molar-refractivity contribution in [2.24, 2.45) is 11.8 Å². The van der Waals surface area contributed by atoms with Crippen molar-refractivity contribution in [3.8, 4) is 0 Å². The Morgan fingerprint density at radius 2 is 2.14 bits per heavy atom. The summed E-state index contributed by atoms with van der Waals surface area (Å²) in [6.07, 6.45) is 10.1. The molecule has 0 saturated carbocycles. The van der Waals surface area contributed by atoms with Gasteiger partial charge in [-0.15, -0.1) is 0 Å². The third kappa shape index (κ3) is 1.76. The van der Waals surface area contributed by atoms with Gasteiger partial charge in [-0.3, -0.25) is 9.59 Å². The molecular formula is C11H12O3. The fourth-order valence-electron chi connectivity index (χ4n) is 1.92. The summed E-state index contributed by atoms with van der Waals surface area (Å²) in [4.78, 5) is 22.2. The molecule has 74 valence electrons. The summed E-state index contributed by atoms with van der Waals surface area (Å²) >= 11 is 0. The fourth-order valence-corrected chi connectivity index (χ4v) is 1.92. The number of rotatable bonds is 1. The van der Waals surface area contributed by atoms with Crippen LogP contribution in [0.25, 0.3) is 0 Å². The van der Waals surface area contributed by atoms with Crippen LogP contribution in [-0.4, -0.2) is 11.9 Å². The highest BCUT2D eigenvalue weighted by molar-refractivity contribution is 5.94. The van der Waals surface area contributed by atoms with Crippen LogP contribution in [0, 0.1) is 11.8 Å². The van der Waals surface area contributed by atoms with Crippen LogP contribution in [0.15, 0.2) is 24.3 Å². The smallest absolute Gasteiger partial charge is 0.317 e. The lowest BCUT2D eigenvalue weighted by Gasteiger charge is -2.13. The average Bonchev–Trinajstić information content (AvgIpc) is 2.43. The predicted molar refractivity (Wildman–Crippen MR) is 50.2 cm³/mol. The van der Waals surface area contributed by atoms with Gasteiger partial charge < -0.3 is 4.74 Å². The van der Waals surface area contributed by atoms with Gasteiger partial charge in [0.1, 0.15) is 0 Å². The summed E-state index contributed by atoms with van der Waals surface area (Å²) in [5.74, 6) is -0.834. The molecule has 1 fully saturated rings. The van der Waals surface area contributed by atoms with Crippen LogP contribution in [0.5, 0.6) is 0 Å². The van der Waals surface area contributed by atoms with Gasteiger partial charge in [0.05, 0.1) is 12.3 Å². The molecule has 2 aliphatic rings. The average molecular weight is 192 g/mol. The highest BCUT2D eigenvalue weighted by Crippen LogP contribution is 2.29. The lowest BCUT2D eigenvalue weighted by Crippen LogP contribution is -2.17. The van der Waals surface area contributed by atoms with Crippen LogP contribution in [0.4, 0.5) is 0 Å². The van der Waals surface area contributed by atoms with E-state index >= 15 is 0 Å². The van der Waals surface area contributed by atoms with Crippen molar-refractivity contribution < 1.29 is 14.3 Å². The van der Waals surface area contributed by atoms with Crippen LogP contribution in [0.1, 0.15) is 19.3 Å². The molecule has 1 saturated heterocycles. The Hall–Kier alpha value is -1.38. The van der Waals surface area contributed by atoms with Gasteiger partial charge in [-0.05, 0) is 18.8 Å². The predicted octanol–water partition coefficient (Wildman–Crippen LogP) is 1.60. The third-order valence-electron chi connectivity index (χ3n) is 2.69. The first-order valence-corrected chi connectivity index (χ1v) is 4.85. The van der Waals surface area contributed by atoms with Crippen LogP contribution in [0.3, 0.4) is 0 Å². The summed E-state index contributed by atoms with van der Waals surface area (Å²) in [5.41, 5.74) is 0. The minimum Gasteiger partial charge on any atom is -0.393 e. The first-order valence-electron chi connectivity index (χ1n) is 4.85. The van der Waals surface area contributed by atoms with Crippen molar-refractivity contribution in [2.75, 3.05) is 0 Å². The van der Waals surface area contributed by atoms with E-state index in [4.69, 9.17) is 0 Å². The minimum atomic E-state index is -0.384. The first kappa shape index (κ1) is 9.19. The van der Waals surface area contributed by atoms with Gasteiger partial charge in [0.2, 0.25) is 0 Å². The van der Waals surface area contributed by atoms with E-state index in [0.717, 1.165) is 12.8 Å². The number of esters is 2. The Balaban J connectivity index is 2.07. The number of cyclic esters (lactones) is 2. The quantitative estimate of drug-likeness (QED) is 0.468. The molecule has 0 aromatic heterocycles. The Morgan fingerprint density at radius 3 is 2.86 bits per heavy atom. The van der Waals surface area contributed by atoms with Crippen molar-refractivity contribution in [3.05, 3.63) is 24.3 Å². The zero-order valence-corrected chi connectivity index (χ0v) is 7.81. The molecule has 2 atom stereocenters. The van der Waals surface area contributed by atoms with E-state index in [1.54, 1.807) is 0 Å². The third-order valence-corrected chi connectivity index (χ3v) is 2.69. The van der Waals surface area contributed by atoms with Gasteiger partial charge in [0, 0.05) is 0 Å². The van der Waals surface area contributed by atoms with Gasteiger partial charge in [0.25, 0.3) is 0 Å². The summed E-state index contributed by atoms with van der Waals surface area (Å²) in [7, 11) is 0. The molecule has 0 N–H and O–H groups in total. The van der Waals surface area contributed by atoms with Crippen molar-refractivity contribution in [2.45, 2.75) is 19.3 Å². The van der Waals surface area contributed by atoms with E-state index in [1.165, 1.54) is 0 Å². The number of ether oxygens (including phenoxy) is 1. The molecule has 0 aromatic rings. The van der Waals surface area contributed by atoms with E-state index in [2.05, 4.69) is 10.8 Å². The standard InChI is InChI=1S/C11H12O3/c12-10-7-9(11(13)14-10)8-5-3-1-2-4-6-8/h1-3,5,8-9H,4,6-7H2. The van der Waals surface area contributed by atoms with E-state index in [9.17, 15) is 9.59 Å². The number of hydrogen-bond acceptors (Lipinski definition) is 3. The molecule has 3 heteroatoms. The van der Waals surface area contributed by atoms with Gasteiger partial charge >= 0.3 is 11.9 Å². The first-order chi connectivity index (χ1) is 6.77. The van der Waals surface area contributed by atoms with E-state index < -0.39 is 0 Å². The highest BCUT2D eigenvalue weighted by atomic mass is 16.6. The second-order valence-corrected chi connectivity index (χ2v) is 3.66. The molecule has 14 heavy (non-hydrogen) atoms. The minimum absolute atomic E-state index is 0.156. The summed E-state index contributed by atoms with van der Waals surface area (Å²) in [6, 6.07) is 0. The largest absolute Gasteiger partial charge is 0.393 e. The fraction of sp³-hybridized carbons (Fsp3) is 0.455. The van der Waals surface area contributed by atoms with Gasteiger partial charge in [-0.2, -0.15) is 0 Å². The Kier molecular flexibility index (Phi) is 2.48. The molecule has 1 aliphatic carbocycles. The summed E-state index contributed by atoms with van der Waals surface area (Å²) < 4.78 is 4.54. The van der Waals surface area contributed by atoms with Gasteiger partial charge in [0.15, 0.2) is 0 Å². The number of carbonyl (C=O) groups excluding carboxylic acids is 2. The van der Waals surface area contributed by atoms with Gasteiger partial charge in [-0.25, -0.2) is 0 Å². The second-order valence-electron chi connectivity index (χ2n) is 3.66. The molecule has 0 spiro atoms. The van der Waals surface area contributed by atoms with E-state index in [1.807, 2.05) is 18.2 Å². The molecule has 1 aliphatic heterocycles. The Morgan fingerprint density at radius 1 is 1.29 bits per heavy atom. The molecule has 0 amide bonds. The highest BCUT2D eigenvalue weighted by Gasteiger charge is 2.37. The van der Waals surface area contributed by atoms with E-state index in [-0.39, 0.29) is 30.2 Å². The van der Waals surface area contributed by atoms with Crippen LogP contribution >= 0.6 is 0 Å². The number of hydrogen-bond donors (Lipinski definition) is 0. The zero-order valence-electron chi connectivity index (χ0n) is 7.81. The van der Waals surface area contributed by atoms with Crippen LogP contribution in [0.2, 0.25) is 0 Å². The normalized spacial score (nSPS) is 31.7. The topological polar surface area (TPSA) is 43.4 Å². The van der Waals surface area contributed by atoms with Gasteiger partial charge in [-0.1, -0.05) is 24.3 Å². The summed E-state index contributed by atoms with van der Waals surface area (Å²) in [6.45, 7) is 0. The Labute approximate surface area is 82.4 Å². The molecule has 2 rings (SSSR count). The molecule has 1 heterocycles. The molecule has 0 aromatic carbocycles. The Bertz CT molecular complexity index is 314. The van der Waals surface area contributed by atoms with Crippen molar-refractivity contribution in [1.29, 1.82) is 0 Å². The maximum absolute atomic E-state index is 11.3. The zero-order chi connectivity index (χ0) is 9.97.